The standard InChI is InChI=1S/C17H21NO4S2/c1-4-11-22-17(19)15-14(5-2)12(3)23-16(15)18-24(20,21)13-9-7-6-8-10-13/h6-10,18H,4-5,11H2,1-3H3. The molecule has 0 atom stereocenters. The van der Waals surface area contributed by atoms with Crippen LogP contribution >= 0.6 is 11.3 Å². The van der Waals surface area contributed by atoms with E-state index in [2.05, 4.69) is 4.72 Å². The second-order valence-electron chi connectivity index (χ2n) is 5.25. The summed E-state index contributed by atoms with van der Waals surface area (Å²) >= 11 is 1.26. The fraction of sp³-hybridized carbons (Fsp3) is 0.353. The van der Waals surface area contributed by atoms with Gasteiger partial charge in [0.05, 0.1) is 17.1 Å². The Morgan fingerprint density at radius 3 is 2.46 bits per heavy atom. The lowest BCUT2D eigenvalue weighted by Crippen LogP contribution is -2.16. The van der Waals surface area contributed by atoms with Crippen molar-refractivity contribution >= 4 is 32.3 Å². The van der Waals surface area contributed by atoms with Crippen molar-refractivity contribution in [1.82, 2.24) is 0 Å². The van der Waals surface area contributed by atoms with Gasteiger partial charge in [0.2, 0.25) is 0 Å². The van der Waals surface area contributed by atoms with E-state index in [9.17, 15) is 13.2 Å². The number of carbonyl (C=O) groups is 1. The number of aryl methyl sites for hydroxylation is 1. The van der Waals surface area contributed by atoms with Crippen molar-refractivity contribution in [3.05, 3.63) is 46.3 Å². The number of rotatable bonds is 7. The Morgan fingerprint density at radius 1 is 1.21 bits per heavy atom. The molecule has 0 unspecified atom stereocenters. The maximum atomic E-state index is 12.5. The third kappa shape index (κ3) is 3.96. The van der Waals surface area contributed by atoms with E-state index in [1.54, 1.807) is 18.2 Å². The summed E-state index contributed by atoms with van der Waals surface area (Å²) in [4.78, 5) is 13.5. The average molecular weight is 367 g/mol. The van der Waals surface area contributed by atoms with Crippen molar-refractivity contribution < 1.29 is 17.9 Å². The quantitative estimate of drug-likeness (QED) is 0.751. The van der Waals surface area contributed by atoms with Gasteiger partial charge in [-0.15, -0.1) is 11.3 Å². The largest absolute Gasteiger partial charge is 0.462 e. The van der Waals surface area contributed by atoms with Crippen molar-refractivity contribution in [2.45, 2.75) is 38.5 Å². The van der Waals surface area contributed by atoms with Crippen molar-refractivity contribution in [1.29, 1.82) is 0 Å². The number of nitrogens with one attached hydrogen (secondary N) is 1. The molecule has 2 aromatic rings. The predicted molar refractivity (Wildman–Crippen MR) is 96.3 cm³/mol. The first-order valence-corrected chi connectivity index (χ1v) is 10.1. The first kappa shape index (κ1) is 18.5. The van der Waals surface area contributed by atoms with Gasteiger partial charge in [0.1, 0.15) is 5.00 Å². The number of ether oxygens (including phenoxy) is 1. The summed E-state index contributed by atoms with van der Waals surface area (Å²) in [5.74, 6) is -0.483. The number of anilines is 1. The van der Waals surface area contributed by atoms with Gasteiger partial charge in [0, 0.05) is 4.88 Å². The van der Waals surface area contributed by atoms with E-state index in [1.165, 1.54) is 23.5 Å². The minimum atomic E-state index is -3.75. The molecule has 7 heteroatoms. The van der Waals surface area contributed by atoms with E-state index >= 15 is 0 Å². The number of carbonyl (C=O) groups excluding carboxylic acids is 1. The summed E-state index contributed by atoms with van der Waals surface area (Å²) in [6, 6.07) is 8.08. The van der Waals surface area contributed by atoms with Crippen LogP contribution in [-0.4, -0.2) is 21.0 Å². The van der Waals surface area contributed by atoms with Crippen LogP contribution in [0.5, 0.6) is 0 Å². The van der Waals surface area contributed by atoms with E-state index in [0.29, 0.717) is 30.0 Å². The van der Waals surface area contributed by atoms with Crippen LogP contribution in [0.2, 0.25) is 0 Å². The van der Waals surface area contributed by atoms with Gasteiger partial charge in [-0.2, -0.15) is 0 Å². The normalized spacial score (nSPS) is 11.3. The minimum absolute atomic E-state index is 0.155. The maximum absolute atomic E-state index is 12.5. The number of thiophene rings is 1. The third-order valence-corrected chi connectivity index (χ3v) is 6.04. The van der Waals surface area contributed by atoms with Gasteiger partial charge in [0.25, 0.3) is 10.0 Å². The van der Waals surface area contributed by atoms with Crippen molar-refractivity contribution in [3.8, 4) is 0 Å². The van der Waals surface area contributed by atoms with E-state index in [0.717, 1.165) is 10.4 Å². The maximum Gasteiger partial charge on any atom is 0.341 e. The van der Waals surface area contributed by atoms with E-state index in [-0.39, 0.29) is 4.90 Å². The van der Waals surface area contributed by atoms with Crippen LogP contribution in [-0.2, 0) is 21.2 Å². The molecule has 0 saturated carbocycles. The van der Waals surface area contributed by atoms with Crippen LogP contribution in [0.25, 0.3) is 0 Å². The second kappa shape index (κ2) is 7.81. The highest BCUT2D eigenvalue weighted by Gasteiger charge is 2.25. The Morgan fingerprint density at radius 2 is 1.88 bits per heavy atom. The zero-order valence-corrected chi connectivity index (χ0v) is 15.6. The summed E-state index contributed by atoms with van der Waals surface area (Å²) < 4.78 is 32.9. The topological polar surface area (TPSA) is 72.5 Å². The van der Waals surface area contributed by atoms with E-state index < -0.39 is 16.0 Å². The summed E-state index contributed by atoms with van der Waals surface area (Å²) in [6.45, 7) is 6.02. The van der Waals surface area contributed by atoms with Gasteiger partial charge in [-0.1, -0.05) is 32.0 Å². The van der Waals surface area contributed by atoms with E-state index in [1.807, 2.05) is 20.8 Å². The number of hydrogen-bond donors (Lipinski definition) is 1. The Labute approximate surface area is 146 Å². The van der Waals surface area contributed by atoms with Gasteiger partial charge in [-0.05, 0) is 37.5 Å². The molecule has 2 rings (SSSR count). The number of sulfonamides is 1. The molecule has 0 aliphatic heterocycles. The highest BCUT2D eigenvalue weighted by atomic mass is 32.2. The van der Waals surface area contributed by atoms with Gasteiger partial charge >= 0.3 is 5.97 Å². The molecule has 1 aromatic heterocycles. The lowest BCUT2D eigenvalue weighted by Gasteiger charge is -2.10. The monoisotopic (exact) mass is 367 g/mol. The molecule has 5 nitrogen and oxygen atoms in total. The minimum Gasteiger partial charge on any atom is -0.462 e. The molecular formula is C17H21NO4S2. The van der Waals surface area contributed by atoms with Crippen LogP contribution in [0, 0.1) is 6.92 Å². The van der Waals surface area contributed by atoms with Gasteiger partial charge in [-0.25, -0.2) is 13.2 Å². The average Bonchev–Trinajstić information content (AvgIpc) is 2.87. The molecule has 24 heavy (non-hydrogen) atoms. The molecule has 0 spiro atoms. The lowest BCUT2D eigenvalue weighted by molar-refractivity contribution is 0.0505. The van der Waals surface area contributed by atoms with Crippen LogP contribution in [0.1, 0.15) is 41.1 Å². The third-order valence-electron chi connectivity index (χ3n) is 3.48. The number of hydrogen-bond acceptors (Lipinski definition) is 5. The molecule has 1 heterocycles. The Kier molecular flexibility index (Phi) is 6.01. The van der Waals surface area contributed by atoms with Gasteiger partial charge in [0.15, 0.2) is 0 Å². The molecule has 0 aliphatic carbocycles. The first-order chi connectivity index (χ1) is 11.4. The highest BCUT2D eigenvalue weighted by molar-refractivity contribution is 7.93. The summed E-state index contributed by atoms with van der Waals surface area (Å²) in [6.07, 6.45) is 1.34. The zero-order valence-electron chi connectivity index (χ0n) is 14.0. The van der Waals surface area contributed by atoms with Gasteiger partial charge < -0.3 is 4.74 Å². The molecule has 0 bridgehead atoms. The van der Waals surface area contributed by atoms with Crippen LogP contribution in [0.4, 0.5) is 5.00 Å². The Balaban J connectivity index is 2.42. The number of esters is 1. The SMILES string of the molecule is CCCOC(=O)c1c(NS(=O)(=O)c2ccccc2)sc(C)c1CC. The Bertz CT molecular complexity index is 811. The summed E-state index contributed by atoms with van der Waals surface area (Å²) in [7, 11) is -3.75. The summed E-state index contributed by atoms with van der Waals surface area (Å²) in [5.41, 5.74) is 1.15. The van der Waals surface area contributed by atoms with Gasteiger partial charge in [-0.3, -0.25) is 4.72 Å². The van der Waals surface area contributed by atoms with Crippen molar-refractivity contribution in [2.75, 3.05) is 11.3 Å². The zero-order chi connectivity index (χ0) is 17.7. The van der Waals surface area contributed by atoms with Crippen LogP contribution in [0.3, 0.4) is 0 Å². The first-order valence-electron chi connectivity index (χ1n) is 7.78. The summed E-state index contributed by atoms with van der Waals surface area (Å²) in [5, 5.41) is 0.314. The Hall–Kier alpha value is -1.86. The molecule has 130 valence electrons. The van der Waals surface area contributed by atoms with Crippen molar-refractivity contribution in [3.63, 3.8) is 0 Å². The molecule has 1 N–H and O–H groups in total. The van der Waals surface area contributed by atoms with Crippen molar-refractivity contribution in [2.24, 2.45) is 0 Å². The lowest BCUT2D eigenvalue weighted by atomic mass is 10.1. The predicted octanol–water partition coefficient (Wildman–Crippen LogP) is 3.99. The molecule has 0 radical (unpaired) electrons. The molecule has 1 aromatic carbocycles. The van der Waals surface area contributed by atoms with Crippen LogP contribution < -0.4 is 4.72 Å². The molecule has 0 amide bonds. The molecular weight excluding hydrogens is 346 g/mol. The van der Waals surface area contributed by atoms with E-state index in [4.69, 9.17) is 4.74 Å². The van der Waals surface area contributed by atoms with Crippen LogP contribution in [0.15, 0.2) is 35.2 Å². The number of benzene rings is 1. The second-order valence-corrected chi connectivity index (χ2v) is 8.16. The molecule has 0 fully saturated rings. The fourth-order valence-corrected chi connectivity index (χ4v) is 4.80. The molecule has 0 aliphatic rings. The highest BCUT2D eigenvalue weighted by Crippen LogP contribution is 2.35. The smallest absolute Gasteiger partial charge is 0.341 e. The molecule has 0 saturated heterocycles. The fourth-order valence-electron chi connectivity index (χ4n) is 2.34.